The fourth-order valence-corrected chi connectivity index (χ4v) is 5.31. The summed E-state index contributed by atoms with van der Waals surface area (Å²) in [7, 11) is 0. The van der Waals surface area contributed by atoms with Crippen LogP contribution in [0.4, 0.5) is 11.1 Å². The topological polar surface area (TPSA) is 125 Å². The maximum atomic E-state index is 13.2. The van der Waals surface area contributed by atoms with Crippen molar-refractivity contribution in [2.24, 2.45) is 0 Å². The summed E-state index contributed by atoms with van der Waals surface area (Å²) in [6.45, 7) is 3.75. The van der Waals surface area contributed by atoms with Gasteiger partial charge in [0.05, 0.1) is 5.69 Å². The molecule has 186 valence electrons. The number of aromatic nitrogens is 4. The van der Waals surface area contributed by atoms with Crippen LogP contribution >= 0.6 is 23.1 Å². The number of hydrogen-bond acceptors (Lipinski definition) is 9. The van der Waals surface area contributed by atoms with Crippen LogP contribution in [0.2, 0.25) is 0 Å². The molecule has 0 spiro atoms. The molecule has 4 aromatic rings. The monoisotopic (exact) mass is 522 g/mol. The summed E-state index contributed by atoms with van der Waals surface area (Å²) in [5.74, 6) is 0.0255. The van der Waals surface area contributed by atoms with Crippen LogP contribution in [-0.4, -0.2) is 31.6 Å². The number of benzene rings is 2. The summed E-state index contributed by atoms with van der Waals surface area (Å²) in [6, 6.07) is 18.7. The Balaban J connectivity index is 1.43. The molecule has 1 unspecified atom stereocenters. The summed E-state index contributed by atoms with van der Waals surface area (Å²) < 4.78 is 7.05. The van der Waals surface area contributed by atoms with Gasteiger partial charge in [0, 0.05) is 5.75 Å². The number of esters is 1. The van der Waals surface area contributed by atoms with E-state index in [0.29, 0.717) is 33.0 Å². The van der Waals surface area contributed by atoms with Crippen LogP contribution < -0.4 is 11.1 Å². The highest BCUT2D eigenvalue weighted by molar-refractivity contribution is 7.98. The summed E-state index contributed by atoms with van der Waals surface area (Å²) >= 11 is 2.54. The quantitative estimate of drug-likeness (QED) is 0.223. The Morgan fingerprint density at radius 3 is 2.42 bits per heavy atom. The number of ether oxygens (including phenoxy) is 1. The first kappa shape index (κ1) is 25.4. The van der Waals surface area contributed by atoms with Crippen molar-refractivity contribution >= 4 is 46.1 Å². The predicted octanol–water partition coefficient (Wildman–Crippen LogP) is 4.86. The van der Waals surface area contributed by atoms with E-state index in [4.69, 9.17) is 10.5 Å². The molecule has 0 saturated carbocycles. The molecule has 0 bridgehead atoms. The van der Waals surface area contributed by atoms with Gasteiger partial charge < -0.3 is 15.8 Å². The first-order chi connectivity index (χ1) is 17.5. The third-order valence-electron chi connectivity index (χ3n) is 5.33. The fraction of sp³-hybridized carbons (Fsp3) is 0.240. The number of anilines is 2. The number of rotatable bonds is 10. The Labute approximate surface area is 217 Å². The van der Waals surface area contributed by atoms with Gasteiger partial charge in [-0.3, -0.25) is 9.36 Å². The molecular formula is C25H26N6O3S2. The number of carbonyl (C=O) groups is 2. The van der Waals surface area contributed by atoms with Gasteiger partial charge in [-0.2, -0.15) is 0 Å². The molecule has 0 fully saturated rings. The SMILES string of the molecule is CCC(C(=O)Nc1nc(C)c(C(=O)OCc2ccccc2)s1)n1c(N)nnc1SCc1ccccc1. The molecule has 1 atom stereocenters. The van der Waals surface area contributed by atoms with Crippen molar-refractivity contribution in [1.29, 1.82) is 0 Å². The Hall–Kier alpha value is -3.70. The number of thiazole rings is 1. The van der Waals surface area contributed by atoms with Gasteiger partial charge in [0.15, 0.2) is 10.3 Å². The van der Waals surface area contributed by atoms with Gasteiger partial charge in [-0.05, 0) is 24.5 Å². The van der Waals surface area contributed by atoms with Crippen molar-refractivity contribution in [3.63, 3.8) is 0 Å². The highest BCUT2D eigenvalue weighted by atomic mass is 32.2. The number of nitrogens with zero attached hydrogens (tertiary/aromatic N) is 4. The van der Waals surface area contributed by atoms with Crippen LogP contribution in [0.3, 0.4) is 0 Å². The first-order valence-corrected chi connectivity index (χ1v) is 13.1. The molecule has 2 heterocycles. The molecule has 2 aromatic heterocycles. The lowest BCUT2D eigenvalue weighted by atomic mass is 10.2. The predicted molar refractivity (Wildman–Crippen MR) is 141 cm³/mol. The molecule has 3 N–H and O–H groups in total. The van der Waals surface area contributed by atoms with Crippen LogP contribution in [0.15, 0.2) is 65.8 Å². The summed E-state index contributed by atoms with van der Waals surface area (Å²) in [5.41, 5.74) is 8.59. The van der Waals surface area contributed by atoms with Gasteiger partial charge in [-0.15, -0.1) is 10.2 Å². The van der Waals surface area contributed by atoms with Gasteiger partial charge >= 0.3 is 5.97 Å². The van der Waals surface area contributed by atoms with Crippen LogP contribution in [-0.2, 0) is 21.9 Å². The normalized spacial score (nSPS) is 11.7. The smallest absolute Gasteiger partial charge is 0.350 e. The number of amides is 1. The van der Waals surface area contributed by atoms with Crippen molar-refractivity contribution in [2.45, 2.75) is 43.8 Å². The number of aryl methyl sites for hydroxylation is 1. The largest absolute Gasteiger partial charge is 0.457 e. The Bertz CT molecular complexity index is 1320. The van der Waals surface area contributed by atoms with Gasteiger partial charge in [0.2, 0.25) is 11.9 Å². The molecular weight excluding hydrogens is 496 g/mol. The van der Waals surface area contributed by atoms with E-state index in [0.717, 1.165) is 22.5 Å². The summed E-state index contributed by atoms with van der Waals surface area (Å²) in [4.78, 5) is 30.5. The van der Waals surface area contributed by atoms with Crippen molar-refractivity contribution in [3.05, 3.63) is 82.4 Å². The number of hydrogen-bond donors (Lipinski definition) is 2. The molecule has 2 aromatic carbocycles. The van der Waals surface area contributed by atoms with E-state index in [2.05, 4.69) is 20.5 Å². The molecule has 36 heavy (non-hydrogen) atoms. The minimum absolute atomic E-state index is 0.160. The zero-order valence-electron chi connectivity index (χ0n) is 19.9. The van der Waals surface area contributed by atoms with E-state index in [9.17, 15) is 9.59 Å². The first-order valence-electron chi connectivity index (χ1n) is 11.3. The minimum atomic E-state index is -0.643. The van der Waals surface area contributed by atoms with Crippen molar-refractivity contribution in [1.82, 2.24) is 19.7 Å². The molecule has 1 amide bonds. The van der Waals surface area contributed by atoms with Crippen LogP contribution in [0, 0.1) is 6.92 Å². The summed E-state index contributed by atoms with van der Waals surface area (Å²) in [5, 5.41) is 11.8. The zero-order chi connectivity index (χ0) is 25.5. The number of nitrogen functional groups attached to an aromatic ring is 1. The number of thioether (sulfide) groups is 1. The molecule has 11 heteroatoms. The molecule has 0 aliphatic carbocycles. The van der Waals surface area contributed by atoms with Crippen LogP contribution in [0.1, 0.15) is 45.9 Å². The van der Waals surface area contributed by atoms with E-state index < -0.39 is 12.0 Å². The fourth-order valence-electron chi connectivity index (χ4n) is 3.50. The number of carbonyl (C=O) groups excluding carboxylic acids is 2. The second kappa shape index (κ2) is 11.8. The van der Waals surface area contributed by atoms with Gasteiger partial charge in [-0.25, -0.2) is 9.78 Å². The lowest BCUT2D eigenvalue weighted by Gasteiger charge is -2.18. The van der Waals surface area contributed by atoms with Crippen molar-refractivity contribution < 1.29 is 14.3 Å². The molecule has 0 saturated heterocycles. The van der Waals surface area contributed by atoms with E-state index in [-0.39, 0.29) is 18.5 Å². The molecule has 0 radical (unpaired) electrons. The van der Waals surface area contributed by atoms with Crippen molar-refractivity contribution in [3.8, 4) is 0 Å². The van der Waals surface area contributed by atoms with E-state index >= 15 is 0 Å². The standard InChI is InChI=1S/C25H26N6O3S2/c1-3-19(31-23(26)29-30-25(31)35-15-18-12-8-5-9-13-18)21(32)28-24-27-16(2)20(36-24)22(33)34-14-17-10-6-4-7-11-17/h4-13,19H,3,14-15H2,1-2H3,(H2,26,29)(H,27,28,32). The van der Waals surface area contributed by atoms with Crippen LogP contribution in [0.25, 0.3) is 0 Å². The molecule has 9 nitrogen and oxygen atoms in total. The van der Waals surface area contributed by atoms with Crippen molar-refractivity contribution in [2.75, 3.05) is 11.1 Å². The molecule has 4 rings (SSSR count). The Morgan fingerprint density at radius 2 is 1.75 bits per heavy atom. The van der Waals surface area contributed by atoms with E-state index in [1.54, 1.807) is 11.5 Å². The highest BCUT2D eigenvalue weighted by Crippen LogP contribution is 2.30. The summed E-state index contributed by atoms with van der Waals surface area (Å²) in [6.07, 6.45) is 0.462. The van der Waals surface area contributed by atoms with Gasteiger partial charge in [0.25, 0.3) is 0 Å². The zero-order valence-corrected chi connectivity index (χ0v) is 21.5. The second-order valence-corrected chi connectivity index (χ2v) is 9.84. The van der Waals surface area contributed by atoms with Gasteiger partial charge in [0.1, 0.15) is 17.5 Å². The Morgan fingerprint density at radius 1 is 1.08 bits per heavy atom. The molecule has 0 aliphatic rings. The number of nitrogens with one attached hydrogen (secondary N) is 1. The second-order valence-electron chi connectivity index (χ2n) is 7.89. The maximum absolute atomic E-state index is 13.2. The lowest BCUT2D eigenvalue weighted by molar-refractivity contribution is -0.119. The average molecular weight is 523 g/mol. The lowest BCUT2D eigenvalue weighted by Crippen LogP contribution is -2.27. The minimum Gasteiger partial charge on any atom is -0.457 e. The van der Waals surface area contributed by atoms with E-state index in [1.165, 1.54) is 11.8 Å². The Kier molecular flexibility index (Phi) is 8.34. The molecule has 0 aliphatic heterocycles. The highest BCUT2D eigenvalue weighted by Gasteiger charge is 2.27. The van der Waals surface area contributed by atoms with Gasteiger partial charge in [-0.1, -0.05) is 90.7 Å². The number of nitrogens with two attached hydrogens (primary N) is 1. The third-order valence-corrected chi connectivity index (χ3v) is 7.39. The maximum Gasteiger partial charge on any atom is 0.350 e. The third kappa shape index (κ3) is 6.10. The van der Waals surface area contributed by atoms with E-state index in [1.807, 2.05) is 67.6 Å². The van der Waals surface area contributed by atoms with Crippen LogP contribution in [0.5, 0.6) is 0 Å². The average Bonchev–Trinajstić information content (AvgIpc) is 3.44.